The van der Waals surface area contributed by atoms with Crippen LogP contribution in [0.2, 0.25) is 0 Å². The van der Waals surface area contributed by atoms with E-state index in [-0.39, 0.29) is 0 Å². The Labute approximate surface area is 181 Å². The first-order valence-corrected chi connectivity index (χ1v) is 10.2. The van der Waals surface area contributed by atoms with Crippen LogP contribution in [0.15, 0.2) is 115 Å². The fraction of sp³-hybridized carbons (Fsp3) is 0. The van der Waals surface area contributed by atoms with Crippen LogP contribution >= 0.6 is 0 Å². The van der Waals surface area contributed by atoms with E-state index >= 15 is 0 Å². The molecular weight excluding hydrogens is 378 g/mol. The molecule has 5 aromatic rings. The van der Waals surface area contributed by atoms with Crippen molar-refractivity contribution in [3.8, 4) is 44.8 Å². The molecule has 31 heavy (non-hydrogen) atoms. The second-order valence-corrected chi connectivity index (χ2v) is 7.38. The average molecular weight is 399 g/mol. The van der Waals surface area contributed by atoms with Gasteiger partial charge < -0.3 is 5.73 Å². The fourth-order valence-electron chi connectivity index (χ4n) is 3.67. The van der Waals surface area contributed by atoms with Gasteiger partial charge in [-0.1, -0.05) is 109 Å². The maximum atomic E-state index is 6.18. The number of nitrogens with two attached hydrogens (primary N) is 1. The average Bonchev–Trinajstić information content (AvgIpc) is 2.86. The van der Waals surface area contributed by atoms with Crippen molar-refractivity contribution in [1.82, 2.24) is 9.97 Å². The largest absolute Gasteiger partial charge is 0.382 e. The van der Waals surface area contributed by atoms with Crippen molar-refractivity contribution in [1.29, 1.82) is 0 Å². The molecule has 0 atom stereocenters. The highest BCUT2D eigenvalue weighted by atomic mass is 14.9. The van der Waals surface area contributed by atoms with Gasteiger partial charge in [0.25, 0.3) is 0 Å². The summed E-state index contributed by atoms with van der Waals surface area (Å²) in [6.45, 7) is 0. The van der Waals surface area contributed by atoms with Gasteiger partial charge >= 0.3 is 0 Å². The highest BCUT2D eigenvalue weighted by molar-refractivity contribution is 5.76. The summed E-state index contributed by atoms with van der Waals surface area (Å²) in [5.41, 5.74) is 14.3. The van der Waals surface area contributed by atoms with Crippen molar-refractivity contribution >= 4 is 5.82 Å². The van der Waals surface area contributed by atoms with Crippen LogP contribution in [0.1, 0.15) is 0 Å². The van der Waals surface area contributed by atoms with Gasteiger partial charge in [0, 0.05) is 11.1 Å². The number of hydrogen-bond donors (Lipinski definition) is 1. The molecule has 148 valence electrons. The van der Waals surface area contributed by atoms with Gasteiger partial charge in [0.2, 0.25) is 0 Å². The van der Waals surface area contributed by atoms with Gasteiger partial charge in [-0.05, 0) is 22.3 Å². The summed E-state index contributed by atoms with van der Waals surface area (Å²) in [6, 6.07) is 37.3. The molecule has 0 aliphatic carbocycles. The molecule has 0 saturated heterocycles. The molecule has 2 N–H and O–H groups in total. The van der Waals surface area contributed by atoms with Crippen LogP contribution in [0.25, 0.3) is 44.8 Å². The molecule has 0 spiro atoms. The van der Waals surface area contributed by atoms with Crippen LogP contribution < -0.4 is 5.73 Å². The topological polar surface area (TPSA) is 51.8 Å². The first-order chi connectivity index (χ1) is 15.3. The van der Waals surface area contributed by atoms with Crippen molar-refractivity contribution in [3.05, 3.63) is 115 Å². The lowest BCUT2D eigenvalue weighted by Gasteiger charge is -2.09. The van der Waals surface area contributed by atoms with Gasteiger partial charge in [0.1, 0.15) is 11.5 Å². The van der Waals surface area contributed by atoms with E-state index < -0.39 is 0 Å². The number of benzene rings is 4. The Morgan fingerprint density at radius 1 is 0.452 bits per heavy atom. The van der Waals surface area contributed by atoms with Crippen molar-refractivity contribution in [2.75, 3.05) is 5.73 Å². The molecule has 0 bridgehead atoms. The lowest BCUT2D eigenvalue weighted by molar-refractivity contribution is 1.22. The van der Waals surface area contributed by atoms with Gasteiger partial charge in [-0.25, -0.2) is 9.97 Å². The third-order valence-corrected chi connectivity index (χ3v) is 5.35. The molecule has 5 rings (SSSR count). The molecular formula is C28H21N3. The third kappa shape index (κ3) is 3.94. The van der Waals surface area contributed by atoms with E-state index in [1.807, 2.05) is 48.5 Å². The Morgan fingerprint density at radius 2 is 0.871 bits per heavy atom. The molecule has 4 aromatic carbocycles. The minimum atomic E-state index is 0.428. The second-order valence-electron chi connectivity index (χ2n) is 7.38. The van der Waals surface area contributed by atoms with Crippen LogP contribution in [0, 0.1) is 0 Å². The standard InChI is InChI=1S/C28H21N3/c29-28-27(25-17-13-23(14-18-25)21-9-5-2-6-10-21)31-26(19-30-28)24-15-11-22(12-16-24)20-7-3-1-4-8-20/h1-19H,(H2,29,30). The normalized spacial score (nSPS) is 10.7. The summed E-state index contributed by atoms with van der Waals surface area (Å²) in [5.74, 6) is 0.428. The molecule has 0 fully saturated rings. The molecule has 0 unspecified atom stereocenters. The number of nitrogens with zero attached hydrogens (tertiary/aromatic N) is 2. The quantitative estimate of drug-likeness (QED) is 0.365. The number of rotatable bonds is 4. The van der Waals surface area contributed by atoms with E-state index in [9.17, 15) is 0 Å². The highest BCUT2D eigenvalue weighted by Gasteiger charge is 2.10. The molecule has 0 amide bonds. The molecule has 1 aromatic heterocycles. The third-order valence-electron chi connectivity index (χ3n) is 5.35. The van der Waals surface area contributed by atoms with Crippen molar-refractivity contribution in [2.45, 2.75) is 0 Å². The summed E-state index contributed by atoms with van der Waals surface area (Å²) in [6.07, 6.45) is 1.73. The van der Waals surface area contributed by atoms with Crippen molar-refractivity contribution in [2.24, 2.45) is 0 Å². The predicted octanol–water partition coefficient (Wildman–Crippen LogP) is 6.73. The lowest BCUT2D eigenvalue weighted by Crippen LogP contribution is -1.99. The lowest BCUT2D eigenvalue weighted by atomic mass is 10.0. The van der Waals surface area contributed by atoms with Gasteiger partial charge in [0.15, 0.2) is 0 Å². The van der Waals surface area contributed by atoms with Gasteiger partial charge in [-0.2, -0.15) is 0 Å². The zero-order chi connectivity index (χ0) is 21.0. The SMILES string of the molecule is Nc1ncc(-c2ccc(-c3ccccc3)cc2)nc1-c1ccc(-c2ccccc2)cc1. The van der Waals surface area contributed by atoms with Crippen LogP contribution in [0.5, 0.6) is 0 Å². The molecule has 0 saturated carbocycles. The summed E-state index contributed by atoms with van der Waals surface area (Å²) in [7, 11) is 0. The van der Waals surface area contributed by atoms with Crippen LogP contribution in [0.4, 0.5) is 5.82 Å². The number of aromatic nitrogens is 2. The van der Waals surface area contributed by atoms with E-state index in [1.54, 1.807) is 6.20 Å². The van der Waals surface area contributed by atoms with E-state index in [4.69, 9.17) is 10.7 Å². The maximum Gasteiger partial charge on any atom is 0.150 e. The first-order valence-electron chi connectivity index (χ1n) is 10.2. The van der Waals surface area contributed by atoms with Gasteiger partial charge in [-0.3, -0.25) is 0 Å². The van der Waals surface area contributed by atoms with Crippen molar-refractivity contribution < 1.29 is 0 Å². The van der Waals surface area contributed by atoms with E-state index in [2.05, 4.69) is 65.6 Å². The summed E-state index contributed by atoms with van der Waals surface area (Å²) in [4.78, 5) is 9.24. The van der Waals surface area contributed by atoms with Crippen LogP contribution in [-0.2, 0) is 0 Å². The minimum absolute atomic E-state index is 0.428. The van der Waals surface area contributed by atoms with Crippen LogP contribution in [-0.4, -0.2) is 9.97 Å². The van der Waals surface area contributed by atoms with Gasteiger partial charge in [0.05, 0.1) is 11.9 Å². The van der Waals surface area contributed by atoms with Crippen molar-refractivity contribution in [3.63, 3.8) is 0 Å². The highest BCUT2D eigenvalue weighted by Crippen LogP contribution is 2.29. The Bertz CT molecular complexity index is 1290. The van der Waals surface area contributed by atoms with Gasteiger partial charge in [-0.15, -0.1) is 0 Å². The summed E-state index contributed by atoms with van der Waals surface area (Å²) in [5, 5.41) is 0. The zero-order valence-corrected chi connectivity index (χ0v) is 16.9. The first kappa shape index (κ1) is 18.8. The molecule has 0 aliphatic heterocycles. The van der Waals surface area contributed by atoms with E-state index in [1.165, 1.54) is 16.7 Å². The van der Waals surface area contributed by atoms with E-state index in [0.29, 0.717) is 11.5 Å². The Balaban J connectivity index is 1.45. The molecule has 3 nitrogen and oxygen atoms in total. The van der Waals surface area contributed by atoms with E-state index in [0.717, 1.165) is 22.4 Å². The Hall–Kier alpha value is -4.24. The van der Waals surface area contributed by atoms with Crippen LogP contribution in [0.3, 0.4) is 0 Å². The molecule has 0 aliphatic rings. The number of hydrogen-bond acceptors (Lipinski definition) is 3. The maximum absolute atomic E-state index is 6.18. The molecule has 1 heterocycles. The summed E-state index contributed by atoms with van der Waals surface area (Å²) < 4.78 is 0. The number of nitrogen functional groups attached to an aromatic ring is 1. The Kier molecular flexibility index (Phi) is 4.99. The zero-order valence-electron chi connectivity index (χ0n) is 16.9. The summed E-state index contributed by atoms with van der Waals surface area (Å²) >= 11 is 0. The fourth-order valence-corrected chi connectivity index (χ4v) is 3.67. The monoisotopic (exact) mass is 399 g/mol. The minimum Gasteiger partial charge on any atom is -0.382 e. The molecule has 0 radical (unpaired) electrons. The Morgan fingerprint density at radius 3 is 1.39 bits per heavy atom. The number of anilines is 1. The smallest absolute Gasteiger partial charge is 0.150 e. The predicted molar refractivity (Wildman–Crippen MR) is 128 cm³/mol. The molecule has 3 heteroatoms. The second kappa shape index (κ2) is 8.25.